The van der Waals surface area contributed by atoms with Crippen molar-refractivity contribution in [1.29, 1.82) is 0 Å². The number of likely N-dealkylation sites (tertiary alicyclic amines) is 1. The van der Waals surface area contributed by atoms with Gasteiger partial charge in [-0.05, 0) is 43.6 Å². The molecule has 2 aliphatic rings. The van der Waals surface area contributed by atoms with Gasteiger partial charge in [0.2, 0.25) is 0 Å². The Labute approximate surface area is 150 Å². The van der Waals surface area contributed by atoms with E-state index < -0.39 is 15.9 Å². The second-order valence-corrected chi connectivity index (χ2v) is 9.35. The topological polar surface area (TPSA) is 70.1 Å². The first-order valence-corrected chi connectivity index (χ1v) is 10.9. The van der Waals surface area contributed by atoms with Crippen LogP contribution in [0.15, 0.2) is 24.3 Å². The van der Waals surface area contributed by atoms with Crippen LogP contribution in [0.25, 0.3) is 0 Å². The van der Waals surface area contributed by atoms with Crippen molar-refractivity contribution in [2.45, 2.75) is 25.5 Å². The number of aliphatic hydroxyl groups is 1. The summed E-state index contributed by atoms with van der Waals surface area (Å²) in [6, 6.07) is 8.06. The van der Waals surface area contributed by atoms with Crippen molar-refractivity contribution in [2.24, 2.45) is 0 Å². The third kappa shape index (κ3) is 5.95. The lowest BCUT2D eigenvalue weighted by Gasteiger charge is -2.28. The van der Waals surface area contributed by atoms with Gasteiger partial charge in [0.15, 0.2) is 9.84 Å². The highest BCUT2D eigenvalue weighted by molar-refractivity contribution is 7.91. The summed E-state index contributed by atoms with van der Waals surface area (Å²) < 4.78 is 28.5. The van der Waals surface area contributed by atoms with E-state index in [0.717, 1.165) is 12.3 Å². The third-order valence-corrected chi connectivity index (χ3v) is 6.49. The minimum atomic E-state index is -2.88. The van der Waals surface area contributed by atoms with Gasteiger partial charge in [0.1, 0.15) is 18.5 Å². The summed E-state index contributed by atoms with van der Waals surface area (Å²) in [5.74, 6) is 1.11. The predicted octanol–water partition coefficient (Wildman–Crippen LogP) is 0.752. The van der Waals surface area contributed by atoms with Crippen LogP contribution in [0.2, 0.25) is 0 Å². The molecule has 2 fully saturated rings. The smallest absolute Gasteiger partial charge is 0.152 e. The quantitative estimate of drug-likeness (QED) is 0.766. The molecule has 0 spiro atoms. The van der Waals surface area contributed by atoms with E-state index >= 15 is 0 Å². The van der Waals surface area contributed by atoms with Crippen LogP contribution in [0, 0.1) is 0 Å². The van der Waals surface area contributed by atoms with Gasteiger partial charge in [0, 0.05) is 26.2 Å². The van der Waals surface area contributed by atoms with Crippen LogP contribution in [0.3, 0.4) is 0 Å². The van der Waals surface area contributed by atoms with Crippen molar-refractivity contribution < 1.29 is 18.3 Å². The van der Waals surface area contributed by atoms with Crippen molar-refractivity contribution in [3.8, 4) is 5.75 Å². The molecule has 25 heavy (non-hydrogen) atoms. The summed E-state index contributed by atoms with van der Waals surface area (Å²) in [5, 5.41) is 10.1. The van der Waals surface area contributed by atoms with Crippen molar-refractivity contribution in [2.75, 3.05) is 50.8 Å². The maximum atomic E-state index is 11.4. The Hall–Kier alpha value is -1.15. The molecule has 1 aromatic rings. The number of hydrogen-bond donors (Lipinski definition) is 1. The van der Waals surface area contributed by atoms with Crippen LogP contribution in [0.4, 0.5) is 0 Å². The van der Waals surface area contributed by atoms with E-state index in [9.17, 15) is 13.5 Å². The molecule has 7 heteroatoms. The standard InChI is InChI=1S/C18H28N2O4S/c21-17(14-20-9-11-25(22,23)12-10-20)15-24-18-5-3-16(4-6-18)13-19-7-1-2-8-19/h3-6,17,21H,1-2,7-15H2. The number of aliphatic hydroxyl groups excluding tert-OH is 1. The second kappa shape index (κ2) is 8.49. The van der Waals surface area contributed by atoms with Crippen molar-refractivity contribution in [3.63, 3.8) is 0 Å². The van der Waals surface area contributed by atoms with Gasteiger partial charge >= 0.3 is 0 Å². The molecule has 2 aliphatic heterocycles. The Kier molecular flexibility index (Phi) is 6.33. The number of sulfone groups is 1. The zero-order valence-electron chi connectivity index (χ0n) is 14.6. The van der Waals surface area contributed by atoms with Gasteiger partial charge in [-0.25, -0.2) is 8.42 Å². The Morgan fingerprint density at radius 3 is 2.28 bits per heavy atom. The fourth-order valence-electron chi connectivity index (χ4n) is 3.37. The summed E-state index contributed by atoms with van der Waals surface area (Å²) in [5.41, 5.74) is 1.28. The predicted molar refractivity (Wildman–Crippen MR) is 97.5 cm³/mol. The molecule has 0 aliphatic carbocycles. The van der Waals surface area contributed by atoms with Gasteiger partial charge in [-0.3, -0.25) is 9.80 Å². The van der Waals surface area contributed by atoms with Gasteiger partial charge < -0.3 is 9.84 Å². The third-order valence-electron chi connectivity index (χ3n) is 4.88. The molecule has 0 aromatic heterocycles. The Balaban J connectivity index is 1.39. The molecule has 2 heterocycles. The Morgan fingerprint density at radius 2 is 1.64 bits per heavy atom. The van der Waals surface area contributed by atoms with E-state index in [2.05, 4.69) is 17.0 Å². The molecule has 1 N–H and O–H groups in total. The minimum Gasteiger partial charge on any atom is -0.491 e. The molecule has 1 atom stereocenters. The van der Waals surface area contributed by atoms with Crippen molar-refractivity contribution >= 4 is 9.84 Å². The number of hydrogen-bond acceptors (Lipinski definition) is 6. The van der Waals surface area contributed by atoms with Crippen LogP contribution >= 0.6 is 0 Å². The fraction of sp³-hybridized carbons (Fsp3) is 0.667. The maximum Gasteiger partial charge on any atom is 0.152 e. The van der Waals surface area contributed by atoms with Crippen molar-refractivity contribution in [3.05, 3.63) is 29.8 Å². The summed E-state index contributed by atoms with van der Waals surface area (Å²) in [4.78, 5) is 4.44. The lowest BCUT2D eigenvalue weighted by molar-refractivity contribution is 0.0710. The highest BCUT2D eigenvalue weighted by Crippen LogP contribution is 2.16. The zero-order valence-corrected chi connectivity index (χ0v) is 15.5. The Morgan fingerprint density at radius 1 is 1.00 bits per heavy atom. The number of β-amino-alcohol motifs (C(OH)–C–C–N with tert-alkyl or cyclic N) is 1. The van der Waals surface area contributed by atoms with E-state index in [1.807, 2.05) is 17.0 Å². The van der Waals surface area contributed by atoms with Crippen LogP contribution < -0.4 is 4.74 Å². The normalized spacial score (nSPS) is 22.8. The van der Waals surface area contributed by atoms with Gasteiger partial charge in [-0.1, -0.05) is 12.1 Å². The first-order chi connectivity index (χ1) is 12.0. The van der Waals surface area contributed by atoms with Gasteiger partial charge in [0.25, 0.3) is 0 Å². The number of rotatable bonds is 7. The molecule has 0 bridgehead atoms. The molecule has 2 saturated heterocycles. The maximum absolute atomic E-state index is 11.4. The van der Waals surface area contributed by atoms with Gasteiger partial charge in [-0.15, -0.1) is 0 Å². The molecule has 1 aromatic carbocycles. The van der Waals surface area contributed by atoms with E-state index in [1.54, 1.807) is 0 Å². The average Bonchev–Trinajstić information content (AvgIpc) is 3.09. The highest BCUT2D eigenvalue weighted by Gasteiger charge is 2.23. The molecular formula is C18H28N2O4S. The first-order valence-electron chi connectivity index (χ1n) is 9.05. The zero-order chi connectivity index (χ0) is 17.7. The molecule has 1 unspecified atom stereocenters. The van der Waals surface area contributed by atoms with Gasteiger partial charge in [-0.2, -0.15) is 0 Å². The number of nitrogens with zero attached hydrogens (tertiary/aromatic N) is 2. The first kappa shape index (κ1) is 18.6. The minimum absolute atomic E-state index is 0.180. The summed E-state index contributed by atoms with van der Waals surface area (Å²) in [6.07, 6.45) is 1.97. The molecule has 3 rings (SSSR count). The molecular weight excluding hydrogens is 340 g/mol. The molecule has 140 valence electrons. The number of ether oxygens (including phenoxy) is 1. The van der Waals surface area contributed by atoms with Crippen LogP contribution in [0.5, 0.6) is 5.75 Å². The molecule has 0 saturated carbocycles. The molecule has 0 amide bonds. The number of benzene rings is 1. The fourth-order valence-corrected chi connectivity index (χ4v) is 4.64. The lowest BCUT2D eigenvalue weighted by Crippen LogP contribution is -2.44. The monoisotopic (exact) mass is 368 g/mol. The van der Waals surface area contributed by atoms with Crippen molar-refractivity contribution in [1.82, 2.24) is 9.80 Å². The van der Waals surface area contributed by atoms with Gasteiger partial charge in [0.05, 0.1) is 11.5 Å². The second-order valence-electron chi connectivity index (χ2n) is 7.04. The molecule has 6 nitrogen and oxygen atoms in total. The highest BCUT2D eigenvalue weighted by atomic mass is 32.2. The lowest BCUT2D eigenvalue weighted by atomic mass is 10.2. The van der Waals surface area contributed by atoms with E-state index in [4.69, 9.17) is 4.74 Å². The van der Waals surface area contributed by atoms with Crippen LogP contribution in [-0.2, 0) is 16.4 Å². The molecule has 0 radical (unpaired) electrons. The van der Waals surface area contributed by atoms with Crippen LogP contribution in [0.1, 0.15) is 18.4 Å². The average molecular weight is 368 g/mol. The summed E-state index contributed by atoms with van der Waals surface area (Å²) >= 11 is 0. The Bertz CT molecular complexity index is 628. The summed E-state index contributed by atoms with van der Waals surface area (Å²) in [7, 11) is -2.88. The SMILES string of the molecule is O=S1(=O)CCN(CC(O)COc2ccc(CN3CCCC3)cc2)CC1. The van der Waals surface area contributed by atoms with E-state index in [0.29, 0.717) is 19.6 Å². The van der Waals surface area contributed by atoms with Crippen LogP contribution in [-0.4, -0.2) is 80.3 Å². The summed E-state index contributed by atoms with van der Waals surface area (Å²) in [6.45, 7) is 5.00. The largest absolute Gasteiger partial charge is 0.491 e. The van der Waals surface area contributed by atoms with E-state index in [-0.39, 0.29) is 18.1 Å². The van der Waals surface area contributed by atoms with E-state index in [1.165, 1.54) is 31.5 Å².